The van der Waals surface area contributed by atoms with Crippen LogP contribution in [0.3, 0.4) is 0 Å². The third kappa shape index (κ3) is 5.95. The number of amides is 1. The summed E-state index contributed by atoms with van der Waals surface area (Å²) < 4.78 is 8.12. The van der Waals surface area contributed by atoms with Gasteiger partial charge in [-0.05, 0) is 45.3 Å². The van der Waals surface area contributed by atoms with Crippen molar-refractivity contribution in [2.45, 2.75) is 6.92 Å². The molecular weight excluding hydrogens is 478 g/mol. The molecule has 0 unspecified atom stereocenters. The van der Waals surface area contributed by atoms with Gasteiger partial charge in [0, 0.05) is 67.8 Å². The van der Waals surface area contributed by atoms with Crippen molar-refractivity contribution in [1.29, 1.82) is 0 Å². The molecule has 4 rings (SSSR count). The van der Waals surface area contributed by atoms with E-state index in [-0.39, 0.29) is 5.91 Å². The molecule has 0 aliphatic carbocycles. The number of nitrogens with one attached hydrogen (secondary N) is 2. The van der Waals surface area contributed by atoms with Crippen molar-refractivity contribution in [1.82, 2.24) is 19.4 Å². The number of ether oxygens (including phenoxy) is 1. The first kappa shape index (κ1) is 26.7. The van der Waals surface area contributed by atoms with E-state index in [0.717, 1.165) is 40.9 Å². The van der Waals surface area contributed by atoms with Crippen LogP contribution in [0.5, 0.6) is 5.75 Å². The Labute approximate surface area is 223 Å². The number of hydrogen-bond donors (Lipinski definition) is 2. The Morgan fingerprint density at radius 2 is 1.95 bits per heavy atom. The number of carbonyl (C=O) groups excluding carboxylic acids is 1. The SMILES string of the molecule is C=CC(=O)Nc1cc(Nc2nccc(-c3cn(C)c4ccccc34)n2)cc(OCC)c1N(C)CCN(C)C. The van der Waals surface area contributed by atoms with E-state index in [1.165, 1.54) is 6.08 Å². The first-order valence-corrected chi connectivity index (χ1v) is 12.5. The Morgan fingerprint density at radius 3 is 2.68 bits per heavy atom. The number of rotatable bonds is 11. The Bertz CT molecular complexity index is 1440. The minimum Gasteiger partial charge on any atom is -0.492 e. The fourth-order valence-corrected chi connectivity index (χ4v) is 4.32. The summed E-state index contributed by atoms with van der Waals surface area (Å²) in [6.07, 6.45) is 5.06. The van der Waals surface area contributed by atoms with Gasteiger partial charge in [-0.2, -0.15) is 0 Å². The summed E-state index contributed by atoms with van der Waals surface area (Å²) in [6.45, 7) is 7.59. The fraction of sp³-hybridized carbons (Fsp3) is 0.276. The normalized spacial score (nSPS) is 11.0. The zero-order valence-electron chi connectivity index (χ0n) is 22.7. The van der Waals surface area contributed by atoms with Crippen LogP contribution in [0.1, 0.15) is 6.92 Å². The summed E-state index contributed by atoms with van der Waals surface area (Å²) in [5.41, 5.74) is 5.06. The minimum absolute atomic E-state index is 0.305. The molecule has 38 heavy (non-hydrogen) atoms. The van der Waals surface area contributed by atoms with Crippen molar-refractivity contribution in [2.75, 3.05) is 56.4 Å². The topological polar surface area (TPSA) is 87.5 Å². The molecule has 0 radical (unpaired) electrons. The average Bonchev–Trinajstić information content (AvgIpc) is 3.24. The van der Waals surface area contributed by atoms with Gasteiger partial charge in [-0.15, -0.1) is 0 Å². The Hall–Kier alpha value is -4.37. The molecule has 9 heteroatoms. The zero-order valence-corrected chi connectivity index (χ0v) is 22.7. The van der Waals surface area contributed by atoms with Crippen LogP contribution < -0.4 is 20.3 Å². The van der Waals surface area contributed by atoms with E-state index in [4.69, 9.17) is 9.72 Å². The third-order valence-corrected chi connectivity index (χ3v) is 6.17. The highest BCUT2D eigenvalue weighted by Crippen LogP contribution is 2.40. The number of fused-ring (bicyclic) bond motifs is 1. The van der Waals surface area contributed by atoms with Crippen molar-refractivity contribution in [3.63, 3.8) is 0 Å². The van der Waals surface area contributed by atoms with Crippen molar-refractivity contribution in [3.8, 4) is 17.0 Å². The van der Waals surface area contributed by atoms with Gasteiger partial charge in [0.05, 0.1) is 18.0 Å². The van der Waals surface area contributed by atoms with Crippen molar-refractivity contribution < 1.29 is 9.53 Å². The molecule has 0 aliphatic heterocycles. The van der Waals surface area contributed by atoms with E-state index in [9.17, 15) is 4.79 Å². The quantitative estimate of drug-likeness (QED) is 0.276. The lowest BCUT2D eigenvalue weighted by Gasteiger charge is -2.27. The molecule has 2 aromatic carbocycles. The Balaban J connectivity index is 1.72. The predicted octanol–water partition coefficient (Wildman–Crippen LogP) is 4.90. The van der Waals surface area contributed by atoms with Crippen LogP contribution >= 0.6 is 0 Å². The van der Waals surface area contributed by atoms with E-state index in [0.29, 0.717) is 29.7 Å². The van der Waals surface area contributed by atoms with Gasteiger partial charge in [-0.25, -0.2) is 9.97 Å². The number of benzene rings is 2. The second-order valence-corrected chi connectivity index (χ2v) is 9.28. The van der Waals surface area contributed by atoms with E-state index in [2.05, 4.69) is 54.9 Å². The smallest absolute Gasteiger partial charge is 0.247 e. The minimum atomic E-state index is -0.305. The van der Waals surface area contributed by atoms with Gasteiger partial charge in [0.1, 0.15) is 11.4 Å². The van der Waals surface area contributed by atoms with Crippen LogP contribution in [0.25, 0.3) is 22.2 Å². The second-order valence-electron chi connectivity index (χ2n) is 9.28. The molecule has 1 amide bonds. The number of anilines is 4. The van der Waals surface area contributed by atoms with Crippen LogP contribution in [0.2, 0.25) is 0 Å². The lowest BCUT2D eigenvalue weighted by Crippen LogP contribution is -2.29. The van der Waals surface area contributed by atoms with E-state index in [1.54, 1.807) is 6.20 Å². The summed E-state index contributed by atoms with van der Waals surface area (Å²) in [4.78, 5) is 25.7. The number of nitrogens with zero attached hydrogens (tertiary/aromatic N) is 5. The Kier molecular flexibility index (Phi) is 8.28. The van der Waals surface area contributed by atoms with Gasteiger partial charge in [0.25, 0.3) is 0 Å². The van der Waals surface area contributed by atoms with Crippen LogP contribution in [-0.2, 0) is 11.8 Å². The molecule has 0 bridgehead atoms. The van der Waals surface area contributed by atoms with Crippen LogP contribution in [0, 0.1) is 0 Å². The lowest BCUT2D eigenvalue weighted by atomic mass is 10.1. The second kappa shape index (κ2) is 11.8. The number of likely N-dealkylation sites (N-methyl/N-ethyl adjacent to an activating group) is 2. The number of para-hydroxylation sites is 1. The molecule has 0 aliphatic rings. The largest absolute Gasteiger partial charge is 0.492 e. The van der Waals surface area contributed by atoms with Crippen LogP contribution in [-0.4, -0.2) is 66.2 Å². The molecule has 2 heterocycles. The summed E-state index contributed by atoms with van der Waals surface area (Å²) in [5, 5.41) is 7.36. The van der Waals surface area contributed by atoms with Crippen molar-refractivity contribution in [2.24, 2.45) is 7.05 Å². The third-order valence-electron chi connectivity index (χ3n) is 6.17. The molecule has 4 aromatic rings. The summed E-state index contributed by atoms with van der Waals surface area (Å²) in [7, 11) is 8.06. The number of carbonyl (C=O) groups is 1. The maximum Gasteiger partial charge on any atom is 0.247 e. The highest BCUT2D eigenvalue weighted by atomic mass is 16.5. The number of aryl methyl sites for hydroxylation is 1. The molecule has 2 aromatic heterocycles. The van der Waals surface area contributed by atoms with Crippen LogP contribution in [0.15, 0.2) is 67.5 Å². The lowest BCUT2D eigenvalue weighted by molar-refractivity contribution is -0.111. The molecule has 0 fully saturated rings. The van der Waals surface area contributed by atoms with Gasteiger partial charge in [0.2, 0.25) is 11.9 Å². The number of aromatic nitrogens is 3. The highest BCUT2D eigenvalue weighted by molar-refractivity contribution is 6.02. The molecule has 9 nitrogen and oxygen atoms in total. The number of hydrogen-bond acceptors (Lipinski definition) is 7. The van der Waals surface area contributed by atoms with Crippen molar-refractivity contribution in [3.05, 3.63) is 67.5 Å². The van der Waals surface area contributed by atoms with Gasteiger partial charge in [-0.1, -0.05) is 24.8 Å². The van der Waals surface area contributed by atoms with Gasteiger partial charge < -0.3 is 29.7 Å². The molecular formula is C29H35N7O2. The summed E-state index contributed by atoms with van der Waals surface area (Å²) >= 11 is 0. The van der Waals surface area contributed by atoms with E-state index < -0.39 is 0 Å². The highest BCUT2D eigenvalue weighted by Gasteiger charge is 2.19. The molecule has 0 spiro atoms. The predicted molar refractivity (Wildman–Crippen MR) is 155 cm³/mol. The molecule has 0 saturated carbocycles. The molecule has 2 N–H and O–H groups in total. The zero-order chi connectivity index (χ0) is 27.2. The van der Waals surface area contributed by atoms with E-state index in [1.807, 2.05) is 65.4 Å². The fourth-order valence-electron chi connectivity index (χ4n) is 4.32. The molecule has 0 saturated heterocycles. The molecule has 0 atom stereocenters. The molecule has 198 valence electrons. The monoisotopic (exact) mass is 513 g/mol. The van der Waals surface area contributed by atoms with Crippen LogP contribution in [0.4, 0.5) is 23.0 Å². The standard InChI is InChI=1S/C29H35N7O2/c1-7-27(37)32-24-17-20(18-26(38-8-2)28(24)35(5)16-15-34(3)4)31-29-30-14-13-23(33-29)22-19-36(6)25-12-10-9-11-21(22)25/h7,9-14,17-19H,1,8,15-16H2,2-6H3,(H,32,37)(H,30,31,33). The first-order valence-electron chi connectivity index (χ1n) is 12.5. The van der Waals surface area contributed by atoms with Gasteiger partial charge in [0.15, 0.2) is 0 Å². The summed E-state index contributed by atoms with van der Waals surface area (Å²) in [5.74, 6) is 0.775. The maximum atomic E-state index is 12.3. The van der Waals surface area contributed by atoms with Gasteiger partial charge in [-0.3, -0.25) is 4.79 Å². The average molecular weight is 514 g/mol. The van der Waals surface area contributed by atoms with Crippen molar-refractivity contribution >= 4 is 39.8 Å². The van der Waals surface area contributed by atoms with E-state index >= 15 is 0 Å². The summed E-state index contributed by atoms with van der Waals surface area (Å²) in [6, 6.07) is 13.9. The van der Waals surface area contributed by atoms with Gasteiger partial charge >= 0.3 is 0 Å². The maximum absolute atomic E-state index is 12.3. The first-order chi connectivity index (χ1) is 18.3. The Morgan fingerprint density at radius 1 is 1.16 bits per heavy atom.